The molecule has 0 aliphatic carbocycles. The fraction of sp³-hybridized carbons (Fsp3) is 0.350. The Labute approximate surface area is 147 Å². The first-order chi connectivity index (χ1) is 12.3. The van der Waals surface area contributed by atoms with Crippen molar-refractivity contribution in [3.05, 3.63) is 54.4 Å². The molecule has 1 aliphatic rings. The third kappa shape index (κ3) is 3.46. The fourth-order valence-electron chi connectivity index (χ4n) is 3.42. The van der Waals surface area contributed by atoms with E-state index in [1.54, 1.807) is 13.4 Å². The number of fused-ring (bicyclic) bond motifs is 1. The molecule has 1 aromatic carbocycles. The van der Waals surface area contributed by atoms with E-state index in [4.69, 9.17) is 9.15 Å². The second-order valence-corrected chi connectivity index (χ2v) is 6.37. The minimum Gasteiger partial charge on any atom is -0.481 e. The Bertz CT molecular complexity index is 838. The second kappa shape index (κ2) is 7.15. The quantitative estimate of drug-likeness (QED) is 0.715. The summed E-state index contributed by atoms with van der Waals surface area (Å²) in [6, 6.07) is 14.3. The molecule has 1 fully saturated rings. The van der Waals surface area contributed by atoms with Crippen LogP contribution in [0, 0.1) is 0 Å². The number of furan rings is 1. The van der Waals surface area contributed by atoms with Crippen LogP contribution in [0.3, 0.4) is 0 Å². The predicted molar refractivity (Wildman–Crippen MR) is 99.4 cm³/mol. The molecular formula is C20H23N3O2. The van der Waals surface area contributed by atoms with Crippen molar-refractivity contribution in [3.8, 4) is 5.88 Å². The molecule has 1 saturated heterocycles. The van der Waals surface area contributed by atoms with E-state index in [9.17, 15) is 0 Å². The first kappa shape index (κ1) is 16.0. The zero-order valence-electron chi connectivity index (χ0n) is 14.5. The van der Waals surface area contributed by atoms with E-state index in [-0.39, 0.29) is 0 Å². The van der Waals surface area contributed by atoms with Gasteiger partial charge in [-0.25, -0.2) is 4.98 Å². The van der Waals surface area contributed by atoms with Crippen molar-refractivity contribution in [2.24, 2.45) is 0 Å². The molecule has 0 amide bonds. The number of anilines is 1. The number of aromatic nitrogens is 1. The lowest BCUT2D eigenvalue weighted by Crippen LogP contribution is -2.47. The third-order valence-corrected chi connectivity index (χ3v) is 4.85. The van der Waals surface area contributed by atoms with Gasteiger partial charge in [0.1, 0.15) is 0 Å². The van der Waals surface area contributed by atoms with Crippen molar-refractivity contribution in [1.82, 2.24) is 9.88 Å². The van der Waals surface area contributed by atoms with Crippen LogP contribution < -0.4 is 9.64 Å². The molecule has 0 spiro atoms. The van der Waals surface area contributed by atoms with Crippen LogP contribution in [0.15, 0.2) is 53.1 Å². The molecule has 5 nitrogen and oxygen atoms in total. The van der Waals surface area contributed by atoms with Crippen molar-refractivity contribution >= 4 is 16.7 Å². The number of methoxy groups -OCH3 is 1. The first-order valence-electron chi connectivity index (χ1n) is 8.77. The van der Waals surface area contributed by atoms with Crippen molar-refractivity contribution < 1.29 is 9.15 Å². The Kier molecular flexibility index (Phi) is 4.57. The topological polar surface area (TPSA) is 41.7 Å². The Morgan fingerprint density at radius 2 is 1.88 bits per heavy atom. The Balaban J connectivity index is 1.34. The monoisotopic (exact) mass is 337 g/mol. The van der Waals surface area contributed by atoms with Crippen LogP contribution in [0.1, 0.15) is 5.69 Å². The number of pyridine rings is 1. The van der Waals surface area contributed by atoms with Crippen molar-refractivity contribution in [1.29, 1.82) is 0 Å². The molecule has 25 heavy (non-hydrogen) atoms. The highest BCUT2D eigenvalue weighted by atomic mass is 16.5. The van der Waals surface area contributed by atoms with E-state index in [1.807, 2.05) is 18.2 Å². The van der Waals surface area contributed by atoms with Crippen molar-refractivity contribution in [3.63, 3.8) is 0 Å². The van der Waals surface area contributed by atoms with Gasteiger partial charge in [-0.3, -0.25) is 4.90 Å². The maximum absolute atomic E-state index is 5.68. The summed E-state index contributed by atoms with van der Waals surface area (Å²) >= 11 is 0. The number of para-hydroxylation sites is 1. The number of hydrogen-bond donors (Lipinski definition) is 0. The highest BCUT2D eigenvalue weighted by molar-refractivity contribution is 5.89. The molecule has 3 heterocycles. The highest BCUT2D eigenvalue weighted by Gasteiger charge is 2.19. The third-order valence-electron chi connectivity index (χ3n) is 4.85. The molecule has 0 atom stereocenters. The summed E-state index contributed by atoms with van der Waals surface area (Å²) in [5.74, 6) is 0.689. The molecule has 0 N–H and O–H groups in total. The number of nitrogens with zero attached hydrogens (tertiary/aromatic N) is 3. The van der Waals surface area contributed by atoms with Gasteiger partial charge in [-0.05, 0) is 18.2 Å². The molecule has 2 aromatic heterocycles. The first-order valence-corrected chi connectivity index (χ1v) is 8.77. The maximum Gasteiger partial charge on any atom is 0.213 e. The molecular weight excluding hydrogens is 314 g/mol. The molecule has 0 radical (unpaired) electrons. The van der Waals surface area contributed by atoms with Gasteiger partial charge in [-0.15, -0.1) is 0 Å². The maximum atomic E-state index is 5.68. The lowest BCUT2D eigenvalue weighted by atomic mass is 10.2. The van der Waals surface area contributed by atoms with Gasteiger partial charge < -0.3 is 14.1 Å². The summed E-state index contributed by atoms with van der Waals surface area (Å²) in [7, 11) is 1.66. The standard InChI is InChI=1S/C20H23N3O2/c1-24-19-7-3-5-17(21-19)8-10-22-11-13-23(14-12-22)18-6-2-4-16-9-15-25-20(16)18/h2-7,9,15H,8,10-14H2,1H3. The van der Waals surface area contributed by atoms with E-state index in [0.29, 0.717) is 5.88 Å². The number of benzene rings is 1. The van der Waals surface area contributed by atoms with E-state index in [1.165, 1.54) is 11.1 Å². The van der Waals surface area contributed by atoms with Gasteiger partial charge in [-0.2, -0.15) is 0 Å². The minimum absolute atomic E-state index is 0.689. The van der Waals surface area contributed by atoms with Crippen molar-refractivity contribution in [2.45, 2.75) is 6.42 Å². The smallest absolute Gasteiger partial charge is 0.213 e. The van der Waals surface area contributed by atoms with Gasteiger partial charge in [0.05, 0.1) is 19.1 Å². The Hall–Kier alpha value is -2.53. The zero-order chi connectivity index (χ0) is 17.1. The van der Waals surface area contributed by atoms with Crippen molar-refractivity contribution in [2.75, 3.05) is 44.7 Å². The Morgan fingerprint density at radius 3 is 2.72 bits per heavy atom. The normalized spacial score (nSPS) is 15.6. The lowest BCUT2D eigenvalue weighted by molar-refractivity contribution is 0.260. The molecule has 1 aliphatic heterocycles. The summed E-state index contributed by atoms with van der Waals surface area (Å²) < 4.78 is 10.9. The SMILES string of the molecule is COc1cccc(CCN2CCN(c3cccc4ccoc34)CC2)n1. The van der Waals surface area contributed by atoms with Gasteiger partial charge in [0, 0.05) is 56.3 Å². The summed E-state index contributed by atoms with van der Waals surface area (Å²) in [5.41, 5.74) is 3.29. The molecule has 0 bridgehead atoms. The van der Waals surface area contributed by atoms with Crippen LogP contribution in [0.25, 0.3) is 11.0 Å². The minimum atomic E-state index is 0.689. The average molecular weight is 337 g/mol. The van der Waals surface area contributed by atoms with Gasteiger partial charge in [-0.1, -0.05) is 18.2 Å². The molecule has 130 valence electrons. The Morgan fingerprint density at radius 1 is 1.04 bits per heavy atom. The van der Waals surface area contributed by atoms with Crippen LogP contribution in [0.2, 0.25) is 0 Å². The lowest BCUT2D eigenvalue weighted by Gasteiger charge is -2.36. The summed E-state index contributed by atoms with van der Waals surface area (Å²) in [4.78, 5) is 9.42. The van der Waals surface area contributed by atoms with Gasteiger partial charge in [0.15, 0.2) is 5.58 Å². The number of hydrogen-bond acceptors (Lipinski definition) is 5. The summed E-state index contributed by atoms with van der Waals surface area (Å²) in [6.07, 6.45) is 2.72. The largest absolute Gasteiger partial charge is 0.481 e. The molecule has 0 saturated carbocycles. The predicted octanol–water partition coefficient (Wildman–Crippen LogP) is 3.20. The zero-order valence-corrected chi connectivity index (χ0v) is 14.5. The van der Waals surface area contributed by atoms with Crippen LogP contribution >= 0.6 is 0 Å². The van der Waals surface area contributed by atoms with E-state index >= 15 is 0 Å². The second-order valence-electron chi connectivity index (χ2n) is 6.37. The van der Waals surface area contributed by atoms with Gasteiger partial charge in [0.2, 0.25) is 5.88 Å². The number of rotatable bonds is 5. The summed E-state index contributed by atoms with van der Waals surface area (Å²) in [5, 5.41) is 1.17. The van der Waals surface area contributed by atoms with Crippen LogP contribution in [0.4, 0.5) is 5.69 Å². The fourth-order valence-corrected chi connectivity index (χ4v) is 3.42. The van der Waals surface area contributed by atoms with Crippen LogP contribution in [0.5, 0.6) is 5.88 Å². The molecule has 5 heteroatoms. The average Bonchev–Trinajstić information content (AvgIpc) is 3.16. The van der Waals surface area contributed by atoms with Crippen LogP contribution in [-0.4, -0.2) is 49.7 Å². The summed E-state index contributed by atoms with van der Waals surface area (Å²) in [6.45, 7) is 5.18. The van der Waals surface area contributed by atoms with Crippen LogP contribution in [-0.2, 0) is 6.42 Å². The highest BCUT2D eigenvalue weighted by Crippen LogP contribution is 2.28. The molecule has 0 unspecified atom stereocenters. The number of ether oxygens (including phenoxy) is 1. The van der Waals surface area contributed by atoms with E-state index in [2.05, 4.69) is 39.0 Å². The van der Waals surface area contributed by atoms with E-state index < -0.39 is 0 Å². The molecule has 3 aromatic rings. The van der Waals surface area contributed by atoms with E-state index in [0.717, 1.165) is 50.4 Å². The molecule has 4 rings (SSSR count). The van der Waals surface area contributed by atoms with Gasteiger partial charge >= 0.3 is 0 Å². The van der Waals surface area contributed by atoms with Gasteiger partial charge in [0.25, 0.3) is 0 Å². The number of piperazine rings is 1.